The third kappa shape index (κ3) is 2.63. The molecule has 0 amide bonds. The molecule has 122 valence electrons. The molecule has 1 heterocycles. The van der Waals surface area contributed by atoms with Crippen molar-refractivity contribution in [2.75, 3.05) is 0 Å². The lowest BCUT2D eigenvalue weighted by molar-refractivity contribution is -0.207. The van der Waals surface area contributed by atoms with E-state index in [-0.39, 0.29) is 5.75 Å². The van der Waals surface area contributed by atoms with Crippen LogP contribution in [0.5, 0.6) is 5.75 Å². The van der Waals surface area contributed by atoms with E-state index in [1.54, 1.807) is 5.92 Å². The summed E-state index contributed by atoms with van der Waals surface area (Å²) in [5.41, 5.74) is -1.75. The van der Waals surface area contributed by atoms with Gasteiger partial charge in [0, 0.05) is 16.1 Å². The van der Waals surface area contributed by atoms with Crippen LogP contribution in [0.1, 0.15) is 5.56 Å². The number of rotatable bonds is 1. The number of benzene rings is 2. The molecule has 0 saturated carbocycles. The van der Waals surface area contributed by atoms with Gasteiger partial charge < -0.3 is 4.74 Å². The summed E-state index contributed by atoms with van der Waals surface area (Å²) in [5.74, 6) is 1.15. The van der Waals surface area contributed by atoms with Gasteiger partial charge in [0.2, 0.25) is 0 Å². The van der Waals surface area contributed by atoms with Crippen LogP contribution in [0.25, 0.3) is 17.2 Å². The smallest absolute Gasteiger partial charge is 0.444 e. The molecule has 6 heteroatoms. The fraction of sp³-hybridized carbons (Fsp3) is 0.111. The number of terminal acetylenes is 1. The predicted molar refractivity (Wildman–Crippen MR) is 84.1 cm³/mol. The van der Waals surface area contributed by atoms with Crippen LogP contribution in [-0.4, -0.2) is 11.8 Å². The SMILES string of the molecule is C#CC1(C(F)(F)F)C=Cc2cc(Cl)cc(-c3ccc(F)cc3)c2O1. The van der Waals surface area contributed by atoms with E-state index in [2.05, 4.69) is 0 Å². The molecule has 0 spiro atoms. The first-order valence-electron chi connectivity index (χ1n) is 6.78. The van der Waals surface area contributed by atoms with Crippen molar-refractivity contribution in [3.63, 3.8) is 0 Å². The average molecular weight is 353 g/mol. The molecule has 0 radical (unpaired) electrons. The van der Waals surface area contributed by atoms with Crippen LogP contribution in [0.15, 0.2) is 42.5 Å². The highest BCUT2D eigenvalue weighted by Gasteiger charge is 2.56. The molecular weight excluding hydrogens is 344 g/mol. The zero-order valence-corrected chi connectivity index (χ0v) is 12.8. The predicted octanol–water partition coefficient (Wildman–Crippen LogP) is 5.49. The van der Waals surface area contributed by atoms with E-state index >= 15 is 0 Å². The van der Waals surface area contributed by atoms with Crippen LogP contribution in [0, 0.1) is 18.2 Å². The van der Waals surface area contributed by atoms with Crippen molar-refractivity contribution in [3.05, 3.63) is 58.9 Å². The van der Waals surface area contributed by atoms with Gasteiger partial charge in [-0.1, -0.05) is 23.7 Å². The lowest BCUT2D eigenvalue weighted by Gasteiger charge is -2.33. The zero-order chi connectivity index (χ0) is 17.5. The first-order chi connectivity index (χ1) is 11.3. The van der Waals surface area contributed by atoms with Gasteiger partial charge in [0.25, 0.3) is 5.60 Å². The highest BCUT2D eigenvalue weighted by molar-refractivity contribution is 6.31. The van der Waals surface area contributed by atoms with Gasteiger partial charge in [0.05, 0.1) is 0 Å². The van der Waals surface area contributed by atoms with Crippen molar-refractivity contribution >= 4 is 17.7 Å². The Morgan fingerprint density at radius 2 is 1.79 bits per heavy atom. The Labute approximate surface area is 140 Å². The van der Waals surface area contributed by atoms with E-state index in [0.717, 1.165) is 6.08 Å². The summed E-state index contributed by atoms with van der Waals surface area (Å²) in [4.78, 5) is 0. The molecule has 0 saturated heterocycles. The summed E-state index contributed by atoms with van der Waals surface area (Å²) in [6.07, 6.45) is 2.31. The minimum atomic E-state index is -4.80. The number of fused-ring (bicyclic) bond motifs is 1. The summed E-state index contributed by atoms with van der Waals surface area (Å²) < 4.78 is 58.4. The fourth-order valence-electron chi connectivity index (χ4n) is 2.41. The molecule has 0 bridgehead atoms. The van der Waals surface area contributed by atoms with E-state index in [1.807, 2.05) is 0 Å². The number of halogens is 5. The van der Waals surface area contributed by atoms with Crippen molar-refractivity contribution in [3.8, 4) is 29.2 Å². The molecule has 1 atom stereocenters. The Morgan fingerprint density at radius 3 is 2.38 bits per heavy atom. The first kappa shape index (κ1) is 16.4. The standard InChI is InChI=1S/C18H9ClF4O/c1-2-17(18(21,22)23)8-7-12-9-13(19)10-15(16(12)24-17)11-3-5-14(20)6-4-11/h1,3-10H. The largest absolute Gasteiger partial charge is 0.460 e. The number of ether oxygens (including phenoxy) is 1. The minimum Gasteiger partial charge on any atom is -0.460 e. The van der Waals surface area contributed by atoms with Crippen LogP contribution >= 0.6 is 11.6 Å². The molecule has 2 aromatic rings. The van der Waals surface area contributed by atoms with Crippen LogP contribution < -0.4 is 4.74 Å². The molecule has 1 aliphatic rings. The molecule has 1 unspecified atom stereocenters. The van der Waals surface area contributed by atoms with Gasteiger partial charge in [-0.05, 0) is 47.9 Å². The van der Waals surface area contributed by atoms with Crippen molar-refractivity contribution in [2.45, 2.75) is 11.8 Å². The summed E-state index contributed by atoms with van der Waals surface area (Å²) in [6.45, 7) is 0. The zero-order valence-electron chi connectivity index (χ0n) is 12.0. The van der Waals surface area contributed by atoms with Crippen LogP contribution in [0.4, 0.5) is 17.6 Å². The maximum atomic E-state index is 13.4. The Bertz CT molecular complexity index is 862. The van der Waals surface area contributed by atoms with Gasteiger partial charge in [-0.25, -0.2) is 4.39 Å². The molecule has 3 rings (SSSR count). The van der Waals surface area contributed by atoms with Crippen LogP contribution in [0.3, 0.4) is 0 Å². The second kappa shape index (κ2) is 5.57. The monoisotopic (exact) mass is 352 g/mol. The summed E-state index contributed by atoms with van der Waals surface area (Å²) in [7, 11) is 0. The van der Waals surface area contributed by atoms with E-state index in [1.165, 1.54) is 42.5 Å². The maximum Gasteiger partial charge on any atom is 0.444 e. The summed E-state index contributed by atoms with van der Waals surface area (Å²) >= 11 is 6.03. The van der Waals surface area contributed by atoms with Crippen molar-refractivity contribution in [1.82, 2.24) is 0 Å². The Kier molecular flexibility index (Phi) is 3.81. The fourth-order valence-corrected chi connectivity index (χ4v) is 2.64. The Morgan fingerprint density at radius 1 is 1.12 bits per heavy atom. The topological polar surface area (TPSA) is 9.23 Å². The second-order valence-electron chi connectivity index (χ2n) is 5.19. The first-order valence-corrected chi connectivity index (χ1v) is 7.16. The van der Waals surface area contributed by atoms with E-state index in [0.29, 0.717) is 21.7 Å². The van der Waals surface area contributed by atoms with Gasteiger partial charge in [-0.15, -0.1) is 6.42 Å². The average Bonchev–Trinajstić information content (AvgIpc) is 2.53. The molecule has 24 heavy (non-hydrogen) atoms. The molecule has 1 aliphatic heterocycles. The molecule has 0 N–H and O–H groups in total. The van der Waals surface area contributed by atoms with Crippen molar-refractivity contribution < 1.29 is 22.3 Å². The third-order valence-electron chi connectivity index (χ3n) is 3.63. The normalized spacial score (nSPS) is 19.3. The molecular formula is C18H9ClF4O. The number of alkyl halides is 3. The summed E-state index contributed by atoms with van der Waals surface area (Å²) in [5, 5.41) is 0.307. The van der Waals surface area contributed by atoms with Crippen LogP contribution in [0.2, 0.25) is 5.02 Å². The minimum absolute atomic E-state index is 0.0521. The maximum absolute atomic E-state index is 13.4. The molecule has 0 fully saturated rings. The van der Waals surface area contributed by atoms with Gasteiger partial charge in [-0.3, -0.25) is 0 Å². The lowest BCUT2D eigenvalue weighted by atomic mass is 9.94. The van der Waals surface area contributed by atoms with Gasteiger partial charge in [0.15, 0.2) is 0 Å². The molecule has 0 aliphatic carbocycles. The van der Waals surface area contributed by atoms with E-state index < -0.39 is 17.6 Å². The number of hydrogen-bond acceptors (Lipinski definition) is 1. The number of hydrogen-bond donors (Lipinski definition) is 0. The van der Waals surface area contributed by atoms with E-state index in [4.69, 9.17) is 22.8 Å². The highest BCUT2D eigenvalue weighted by Crippen LogP contribution is 2.46. The molecule has 2 aromatic carbocycles. The molecule has 0 aromatic heterocycles. The Hall–Kier alpha value is -2.45. The van der Waals surface area contributed by atoms with Crippen molar-refractivity contribution in [2.24, 2.45) is 0 Å². The second-order valence-corrected chi connectivity index (χ2v) is 5.63. The van der Waals surface area contributed by atoms with Gasteiger partial charge >= 0.3 is 6.18 Å². The quantitative estimate of drug-likeness (QED) is 0.487. The lowest BCUT2D eigenvalue weighted by Crippen LogP contribution is -2.48. The van der Waals surface area contributed by atoms with E-state index in [9.17, 15) is 17.6 Å². The van der Waals surface area contributed by atoms with Crippen molar-refractivity contribution in [1.29, 1.82) is 0 Å². The summed E-state index contributed by atoms with van der Waals surface area (Å²) in [6, 6.07) is 8.16. The molecule has 1 nitrogen and oxygen atoms in total. The van der Waals surface area contributed by atoms with Crippen LogP contribution in [-0.2, 0) is 0 Å². The third-order valence-corrected chi connectivity index (χ3v) is 3.85. The van der Waals surface area contributed by atoms with Gasteiger partial charge in [-0.2, -0.15) is 13.2 Å². The Balaban J connectivity index is 2.20. The highest BCUT2D eigenvalue weighted by atomic mass is 35.5. The van der Waals surface area contributed by atoms with Gasteiger partial charge in [0.1, 0.15) is 11.6 Å².